The first-order valence-electron chi connectivity index (χ1n) is 7.62. The molecule has 1 heterocycles. The van der Waals surface area contributed by atoms with Crippen molar-refractivity contribution in [3.05, 3.63) is 52.6 Å². The Hall–Kier alpha value is -2.89. The number of hydrogen-bond donors (Lipinski definition) is 1. The van der Waals surface area contributed by atoms with E-state index in [1.807, 2.05) is 12.1 Å². The molecule has 118 valence electrons. The average molecular weight is 310 g/mol. The van der Waals surface area contributed by atoms with E-state index in [1.165, 1.54) is 17.8 Å². The largest absolute Gasteiger partial charge is 0.372 e. The van der Waals surface area contributed by atoms with Crippen LogP contribution in [-0.4, -0.2) is 28.0 Å². The van der Waals surface area contributed by atoms with Gasteiger partial charge in [0, 0.05) is 36.5 Å². The summed E-state index contributed by atoms with van der Waals surface area (Å²) in [5.74, 6) is 0.714. The van der Waals surface area contributed by atoms with E-state index in [1.54, 1.807) is 6.07 Å². The Bertz CT molecular complexity index is 835. The number of nitro groups is 1. The Morgan fingerprint density at radius 1 is 1.13 bits per heavy atom. The Morgan fingerprint density at radius 2 is 1.83 bits per heavy atom. The first-order valence-corrected chi connectivity index (χ1v) is 7.62. The van der Waals surface area contributed by atoms with Crippen LogP contribution in [0.3, 0.4) is 0 Å². The molecule has 0 aliphatic carbocycles. The molecule has 0 fully saturated rings. The van der Waals surface area contributed by atoms with Crippen molar-refractivity contribution < 1.29 is 4.92 Å². The normalized spacial score (nSPS) is 10.9. The first-order chi connectivity index (χ1) is 11.1. The summed E-state index contributed by atoms with van der Waals surface area (Å²) in [5.41, 5.74) is 3.58. The molecule has 0 bridgehead atoms. The smallest absolute Gasteiger partial charge is 0.271 e. The van der Waals surface area contributed by atoms with Gasteiger partial charge in [-0.25, -0.2) is 4.98 Å². The Morgan fingerprint density at radius 3 is 2.43 bits per heavy atom. The summed E-state index contributed by atoms with van der Waals surface area (Å²) in [4.78, 5) is 20.4. The monoisotopic (exact) mass is 310 g/mol. The van der Waals surface area contributed by atoms with Gasteiger partial charge in [-0.15, -0.1) is 0 Å². The van der Waals surface area contributed by atoms with Crippen LogP contribution in [0.2, 0.25) is 0 Å². The second-order valence-electron chi connectivity index (χ2n) is 5.26. The molecular weight excluding hydrogens is 292 g/mol. The van der Waals surface area contributed by atoms with Crippen LogP contribution >= 0.6 is 0 Å². The number of aromatic nitrogens is 2. The van der Waals surface area contributed by atoms with Crippen LogP contribution in [0.1, 0.15) is 13.8 Å². The maximum Gasteiger partial charge on any atom is 0.271 e. The Balaban J connectivity index is 1.95. The van der Waals surface area contributed by atoms with E-state index in [4.69, 9.17) is 0 Å². The lowest BCUT2D eigenvalue weighted by Crippen LogP contribution is -2.21. The predicted octanol–water partition coefficient (Wildman–Crippen LogP) is 3.98. The van der Waals surface area contributed by atoms with Crippen molar-refractivity contribution in [1.29, 1.82) is 0 Å². The minimum atomic E-state index is -0.404. The van der Waals surface area contributed by atoms with Crippen molar-refractivity contribution in [3.63, 3.8) is 0 Å². The fourth-order valence-electron chi connectivity index (χ4n) is 2.67. The number of rotatable bonds is 5. The molecule has 0 amide bonds. The Labute approximate surface area is 133 Å². The second-order valence-corrected chi connectivity index (χ2v) is 5.26. The number of non-ortho nitro benzene ring substituents is 1. The number of fused-ring (bicyclic) bond motifs is 1. The lowest BCUT2D eigenvalue weighted by Gasteiger charge is -2.20. The summed E-state index contributed by atoms with van der Waals surface area (Å²) in [5, 5.41) is 10.8. The molecule has 0 spiro atoms. The first kappa shape index (κ1) is 15.0. The third-order valence-electron chi connectivity index (χ3n) is 3.95. The molecule has 0 radical (unpaired) electrons. The highest BCUT2D eigenvalue weighted by Gasteiger charge is 2.11. The number of hydrogen-bond acceptors (Lipinski definition) is 4. The molecule has 6 nitrogen and oxygen atoms in total. The van der Waals surface area contributed by atoms with E-state index in [9.17, 15) is 10.1 Å². The van der Waals surface area contributed by atoms with Crippen LogP contribution in [0.4, 0.5) is 11.4 Å². The maximum atomic E-state index is 10.8. The molecular formula is C17H18N4O2. The number of nitro benzene ring substituents is 1. The topological polar surface area (TPSA) is 75.1 Å². The van der Waals surface area contributed by atoms with Gasteiger partial charge in [-0.3, -0.25) is 10.1 Å². The molecule has 23 heavy (non-hydrogen) atoms. The van der Waals surface area contributed by atoms with Crippen molar-refractivity contribution in [3.8, 4) is 11.4 Å². The molecule has 0 unspecified atom stereocenters. The number of anilines is 1. The van der Waals surface area contributed by atoms with Gasteiger partial charge in [0.1, 0.15) is 5.82 Å². The summed E-state index contributed by atoms with van der Waals surface area (Å²) in [6.07, 6.45) is 0. The number of benzene rings is 2. The SMILES string of the molecule is CCN(CC)c1ccc(-c2nc3ccc([N+](=O)[O-])cc3[nH]2)cc1. The third kappa shape index (κ3) is 2.88. The number of H-pyrrole nitrogens is 1. The molecule has 0 aliphatic heterocycles. The fourth-order valence-corrected chi connectivity index (χ4v) is 2.67. The standard InChI is InChI=1S/C17H18N4O2/c1-3-20(4-2)13-7-5-12(6-8-13)17-18-15-10-9-14(21(22)23)11-16(15)19-17/h5-11H,3-4H2,1-2H3,(H,18,19). The van der Waals surface area contributed by atoms with Gasteiger partial charge in [0.2, 0.25) is 0 Å². The molecule has 3 aromatic rings. The maximum absolute atomic E-state index is 10.8. The summed E-state index contributed by atoms with van der Waals surface area (Å²) in [6, 6.07) is 12.8. The van der Waals surface area contributed by atoms with E-state index in [2.05, 4.69) is 40.8 Å². The van der Waals surface area contributed by atoms with Gasteiger partial charge in [-0.1, -0.05) is 0 Å². The molecule has 1 aromatic heterocycles. The average Bonchev–Trinajstić information content (AvgIpc) is 2.99. The van der Waals surface area contributed by atoms with Crippen LogP contribution in [0.15, 0.2) is 42.5 Å². The summed E-state index contributed by atoms with van der Waals surface area (Å²) < 4.78 is 0. The lowest BCUT2D eigenvalue weighted by atomic mass is 10.2. The third-order valence-corrected chi connectivity index (χ3v) is 3.95. The fraction of sp³-hybridized carbons (Fsp3) is 0.235. The van der Waals surface area contributed by atoms with Gasteiger partial charge < -0.3 is 9.88 Å². The molecule has 0 saturated carbocycles. The van der Waals surface area contributed by atoms with Crippen LogP contribution in [0.5, 0.6) is 0 Å². The molecule has 6 heteroatoms. The van der Waals surface area contributed by atoms with E-state index in [0.717, 1.165) is 24.2 Å². The molecule has 0 saturated heterocycles. The zero-order valence-corrected chi connectivity index (χ0v) is 13.1. The van der Waals surface area contributed by atoms with E-state index < -0.39 is 4.92 Å². The van der Waals surface area contributed by atoms with Crippen molar-refractivity contribution in [2.24, 2.45) is 0 Å². The van der Waals surface area contributed by atoms with Crippen molar-refractivity contribution in [1.82, 2.24) is 9.97 Å². The Kier molecular flexibility index (Phi) is 3.97. The minimum Gasteiger partial charge on any atom is -0.372 e. The second kappa shape index (κ2) is 6.08. The zero-order chi connectivity index (χ0) is 16.4. The van der Waals surface area contributed by atoms with Crippen LogP contribution in [0.25, 0.3) is 22.4 Å². The molecule has 2 aromatic carbocycles. The van der Waals surface area contributed by atoms with Crippen LogP contribution in [-0.2, 0) is 0 Å². The van der Waals surface area contributed by atoms with Gasteiger partial charge in [-0.2, -0.15) is 0 Å². The highest BCUT2D eigenvalue weighted by molar-refractivity contribution is 5.81. The summed E-state index contributed by atoms with van der Waals surface area (Å²) in [6.45, 7) is 6.18. The summed E-state index contributed by atoms with van der Waals surface area (Å²) >= 11 is 0. The van der Waals surface area contributed by atoms with Gasteiger partial charge in [0.05, 0.1) is 16.0 Å². The van der Waals surface area contributed by atoms with Gasteiger partial charge >= 0.3 is 0 Å². The summed E-state index contributed by atoms with van der Waals surface area (Å²) in [7, 11) is 0. The van der Waals surface area contributed by atoms with E-state index >= 15 is 0 Å². The lowest BCUT2D eigenvalue weighted by molar-refractivity contribution is -0.384. The quantitative estimate of drug-likeness (QED) is 0.571. The van der Waals surface area contributed by atoms with E-state index in [-0.39, 0.29) is 5.69 Å². The van der Waals surface area contributed by atoms with E-state index in [0.29, 0.717) is 11.3 Å². The van der Waals surface area contributed by atoms with Crippen molar-refractivity contribution in [2.75, 3.05) is 18.0 Å². The number of imidazole rings is 1. The highest BCUT2D eigenvalue weighted by Crippen LogP contribution is 2.25. The zero-order valence-electron chi connectivity index (χ0n) is 13.1. The van der Waals surface area contributed by atoms with Crippen molar-refractivity contribution in [2.45, 2.75) is 13.8 Å². The molecule has 1 N–H and O–H groups in total. The van der Waals surface area contributed by atoms with Crippen LogP contribution in [0, 0.1) is 10.1 Å². The number of nitrogens with one attached hydrogen (secondary N) is 1. The van der Waals surface area contributed by atoms with Crippen molar-refractivity contribution >= 4 is 22.4 Å². The number of nitrogens with zero attached hydrogens (tertiary/aromatic N) is 3. The van der Waals surface area contributed by atoms with Gasteiger partial charge in [-0.05, 0) is 44.2 Å². The van der Waals surface area contributed by atoms with Gasteiger partial charge in [0.15, 0.2) is 0 Å². The minimum absolute atomic E-state index is 0.0598. The predicted molar refractivity (Wildman–Crippen MR) is 91.7 cm³/mol. The van der Waals surface area contributed by atoms with Crippen LogP contribution < -0.4 is 4.90 Å². The highest BCUT2D eigenvalue weighted by atomic mass is 16.6. The number of aromatic amines is 1. The molecule has 0 atom stereocenters. The van der Waals surface area contributed by atoms with Gasteiger partial charge in [0.25, 0.3) is 5.69 Å². The molecule has 0 aliphatic rings. The molecule has 3 rings (SSSR count).